The first-order valence-electron chi connectivity index (χ1n) is 11.9. The summed E-state index contributed by atoms with van der Waals surface area (Å²) >= 11 is 12.1. The quantitative estimate of drug-likeness (QED) is 0.611. The Hall–Kier alpha value is -1.55. The summed E-state index contributed by atoms with van der Waals surface area (Å²) in [5, 5.41) is 3.79. The molecule has 0 aromatic heterocycles. The number of primary amides is 1. The van der Waals surface area contributed by atoms with Gasteiger partial charge in [0.25, 0.3) is 0 Å². The average Bonchev–Trinajstić information content (AvgIpc) is 2.76. The lowest BCUT2D eigenvalue weighted by Crippen LogP contribution is -2.64. The van der Waals surface area contributed by atoms with Gasteiger partial charge in [0.2, 0.25) is 11.8 Å². The first-order chi connectivity index (χ1) is 16.0. The van der Waals surface area contributed by atoms with Crippen LogP contribution in [0.15, 0.2) is 18.2 Å². The Bertz CT molecular complexity index is 1110. The molecule has 8 nitrogen and oxygen atoms in total. The maximum atomic E-state index is 13.5. The van der Waals surface area contributed by atoms with Gasteiger partial charge in [-0.05, 0) is 81.4 Å². The molecule has 1 heterocycles. The minimum Gasteiger partial charge on any atom is -0.369 e. The highest BCUT2D eigenvalue weighted by Crippen LogP contribution is 2.59. The predicted molar refractivity (Wildman–Crippen MR) is 131 cm³/mol. The van der Waals surface area contributed by atoms with Crippen molar-refractivity contribution in [2.75, 3.05) is 17.4 Å². The Labute approximate surface area is 210 Å². The van der Waals surface area contributed by atoms with Crippen molar-refractivity contribution in [2.24, 2.45) is 28.9 Å². The van der Waals surface area contributed by atoms with Crippen molar-refractivity contribution < 1.29 is 18.0 Å². The van der Waals surface area contributed by atoms with Gasteiger partial charge >= 0.3 is 10.2 Å². The van der Waals surface area contributed by atoms with Gasteiger partial charge in [-0.25, -0.2) is 0 Å². The van der Waals surface area contributed by atoms with Crippen LogP contribution in [-0.2, 0) is 19.8 Å². The summed E-state index contributed by atoms with van der Waals surface area (Å²) in [6.45, 7) is 2.19. The van der Waals surface area contributed by atoms with Crippen LogP contribution < -0.4 is 15.4 Å². The maximum Gasteiger partial charge on any atom is 0.304 e. The van der Waals surface area contributed by atoms with Gasteiger partial charge in [0, 0.05) is 24.5 Å². The van der Waals surface area contributed by atoms with Crippen molar-refractivity contribution in [1.82, 2.24) is 9.62 Å². The molecule has 3 atom stereocenters. The average molecular weight is 529 g/mol. The second kappa shape index (κ2) is 8.54. The van der Waals surface area contributed by atoms with E-state index in [4.69, 9.17) is 28.9 Å². The molecule has 1 aromatic rings. The molecule has 1 saturated heterocycles. The summed E-state index contributed by atoms with van der Waals surface area (Å²) in [7, 11) is -3.93. The third-order valence-corrected chi connectivity index (χ3v) is 11.2. The molecule has 1 aliphatic heterocycles. The molecular formula is C23H30Cl2N4O4S. The van der Waals surface area contributed by atoms with Crippen molar-refractivity contribution in [1.29, 1.82) is 0 Å². The van der Waals surface area contributed by atoms with Gasteiger partial charge in [0.05, 0.1) is 15.7 Å². The van der Waals surface area contributed by atoms with E-state index in [2.05, 4.69) is 5.32 Å². The van der Waals surface area contributed by atoms with Gasteiger partial charge in [0.15, 0.2) is 0 Å². The summed E-state index contributed by atoms with van der Waals surface area (Å²) in [4.78, 5) is 25.5. The lowest BCUT2D eigenvalue weighted by Gasteiger charge is -2.59. The number of hydrogen-bond acceptors (Lipinski definition) is 4. The first kappa shape index (κ1) is 24.2. The number of rotatable bonds is 5. The zero-order chi connectivity index (χ0) is 24.4. The van der Waals surface area contributed by atoms with Crippen LogP contribution in [0.2, 0.25) is 10.0 Å². The number of carbonyl (C=O) groups excluding carboxylic acids is 2. The fourth-order valence-corrected chi connectivity index (χ4v) is 9.14. The van der Waals surface area contributed by atoms with Crippen LogP contribution in [0.25, 0.3) is 0 Å². The van der Waals surface area contributed by atoms with Crippen LogP contribution in [-0.4, -0.2) is 49.7 Å². The molecule has 4 saturated carbocycles. The number of nitrogens with two attached hydrogens (primary N) is 1. The molecule has 2 amide bonds. The Morgan fingerprint density at radius 2 is 1.79 bits per heavy atom. The van der Waals surface area contributed by atoms with Crippen LogP contribution in [0.3, 0.4) is 0 Å². The molecule has 6 rings (SSSR count). The Morgan fingerprint density at radius 1 is 1.12 bits per heavy atom. The lowest BCUT2D eigenvalue weighted by atomic mass is 9.47. The maximum absolute atomic E-state index is 13.5. The van der Waals surface area contributed by atoms with E-state index in [9.17, 15) is 18.0 Å². The highest BCUT2D eigenvalue weighted by molar-refractivity contribution is 7.90. The van der Waals surface area contributed by atoms with Crippen molar-refractivity contribution in [2.45, 2.75) is 57.5 Å². The molecule has 4 aliphatic carbocycles. The van der Waals surface area contributed by atoms with Crippen molar-refractivity contribution in [3.8, 4) is 0 Å². The van der Waals surface area contributed by atoms with Crippen molar-refractivity contribution >= 4 is 50.9 Å². The molecule has 186 valence electrons. The van der Waals surface area contributed by atoms with Gasteiger partial charge in [-0.3, -0.25) is 13.9 Å². The molecule has 1 aromatic carbocycles. The molecule has 0 radical (unpaired) electrons. The Kier molecular flexibility index (Phi) is 6.06. The largest absolute Gasteiger partial charge is 0.369 e. The minimum atomic E-state index is -3.93. The van der Waals surface area contributed by atoms with Gasteiger partial charge in [-0.2, -0.15) is 12.7 Å². The second-order valence-corrected chi connectivity index (χ2v) is 13.1. The lowest BCUT2D eigenvalue weighted by molar-refractivity contribution is -0.147. The van der Waals surface area contributed by atoms with E-state index in [1.807, 2.05) is 0 Å². The van der Waals surface area contributed by atoms with Crippen LogP contribution >= 0.6 is 23.2 Å². The molecule has 4 bridgehead atoms. The van der Waals surface area contributed by atoms with E-state index < -0.39 is 21.7 Å². The molecule has 3 unspecified atom stereocenters. The fraction of sp³-hybridized carbons (Fsp3) is 0.652. The number of nitrogens with zero attached hydrogens (tertiary/aromatic N) is 2. The molecular weight excluding hydrogens is 499 g/mol. The Balaban J connectivity index is 1.31. The van der Waals surface area contributed by atoms with E-state index in [0.29, 0.717) is 42.4 Å². The third kappa shape index (κ3) is 3.88. The zero-order valence-electron chi connectivity index (χ0n) is 19.0. The number of nitrogens with one attached hydrogen (secondary N) is 1. The molecule has 5 fully saturated rings. The van der Waals surface area contributed by atoms with Crippen LogP contribution in [0, 0.1) is 23.2 Å². The zero-order valence-corrected chi connectivity index (χ0v) is 21.4. The van der Waals surface area contributed by atoms with Crippen molar-refractivity contribution in [3.05, 3.63) is 28.2 Å². The summed E-state index contributed by atoms with van der Waals surface area (Å²) in [5.74, 6) is 0.385. The third-order valence-electron chi connectivity index (χ3n) is 8.42. The number of hydrogen-bond donors (Lipinski definition) is 2. The van der Waals surface area contributed by atoms with Gasteiger partial charge in [0.1, 0.15) is 6.04 Å². The molecule has 11 heteroatoms. The number of carbonyl (C=O) groups is 2. The van der Waals surface area contributed by atoms with Crippen molar-refractivity contribution in [3.63, 3.8) is 0 Å². The summed E-state index contributed by atoms with van der Waals surface area (Å²) in [6, 6.07) is 3.80. The summed E-state index contributed by atoms with van der Waals surface area (Å²) < 4.78 is 29.4. The number of amides is 2. The number of anilines is 1. The van der Waals surface area contributed by atoms with E-state index in [1.165, 1.54) is 14.7 Å². The molecule has 5 aliphatic rings. The van der Waals surface area contributed by atoms with Gasteiger partial charge in [-0.15, -0.1) is 0 Å². The van der Waals surface area contributed by atoms with E-state index in [0.717, 1.165) is 19.3 Å². The van der Waals surface area contributed by atoms with Gasteiger partial charge < -0.3 is 11.1 Å². The first-order valence-corrected chi connectivity index (χ1v) is 14.0. The highest BCUT2D eigenvalue weighted by Gasteiger charge is 2.58. The van der Waals surface area contributed by atoms with E-state index >= 15 is 0 Å². The van der Waals surface area contributed by atoms with E-state index in [-0.39, 0.29) is 41.3 Å². The Morgan fingerprint density at radius 3 is 2.41 bits per heavy atom. The van der Waals surface area contributed by atoms with Crippen LogP contribution in [0.1, 0.15) is 45.4 Å². The predicted octanol–water partition coefficient (Wildman–Crippen LogP) is 2.94. The topological polar surface area (TPSA) is 113 Å². The van der Waals surface area contributed by atoms with Gasteiger partial charge in [-0.1, -0.05) is 23.2 Å². The normalized spacial score (nSPS) is 35.2. The standard InChI is InChI=1S/C23H30Cl2N4O4S/c1-13(28-5-2-6-29(34(28,32)33)17-3-4-18(24)19(25)9-17)21(30)27-20-15-7-14-8-16(20)12-23(10-14,11-15)22(26)31/h3-4,9,13-16,20H,2,5-8,10-12H2,1H3,(H2,26,31)(H,27,30). The fourth-order valence-electron chi connectivity index (χ4n) is 7.00. The summed E-state index contributed by atoms with van der Waals surface area (Å²) in [5.41, 5.74) is 5.76. The monoisotopic (exact) mass is 528 g/mol. The number of benzene rings is 1. The SMILES string of the molecule is CC(C(=O)NC1C2CC3CC1CC(C(N)=O)(C3)C2)N1CCCN(c2ccc(Cl)c(Cl)c2)S1(=O)=O. The van der Waals surface area contributed by atoms with Crippen LogP contribution in [0.5, 0.6) is 0 Å². The molecule has 3 N–H and O–H groups in total. The highest BCUT2D eigenvalue weighted by atomic mass is 35.5. The minimum absolute atomic E-state index is 0.0438. The molecule has 0 spiro atoms. The number of halogens is 2. The van der Waals surface area contributed by atoms with Crippen LogP contribution in [0.4, 0.5) is 5.69 Å². The summed E-state index contributed by atoms with van der Waals surface area (Å²) in [6.07, 6.45) is 4.83. The van der Waals surface area contributed by atoms with E-state index in [1.54, 1.807) is 19.1 Å². The molecule has 34 heavy (non-hydrogen) atoms. The smallest absolute Gasteiger partial charge is 0.304 e. The second-order valence-electron chi connectivity index (χ2n) is 10.5.